The van der Waals surface area contributed by atoms with Crippen LogP contribution in [-0.2, 0) is 4.79 Å². The largest absolute Gasteiger partial charge is 0.369 e. The number of nitrogens with zero attached hydrogens (tertiary/aromatic N) is 2. The molecule has 1 fully saturated rings. The molecule has 2 aromatic carbocycles. The normalized spacial score (nSPS) is 15.2. The van der Waals surface area contributed by atoms with Gasteiger partial charge in [0.25, 0.3) is 0 Å². The van der Waals surface area contributed by atoms with E-state index in [-0.39, 0.29) is 5.91 Å². The van der Waals surface area contributed by atoms with Gasteiger partial charge in [0.15, 0.2) is 0 Å². The van der Waals surface area contributed by atoms with Gasteiger partial charge in [-0.2, -0.15) is 0 Å². The lowest BCUT2D eigenvalue weighted by molar-refractivity contribution is -0.117. The highest BCUT2D eigenvalue weighted by Crippen LogP contribution is 2.33. The first-order valence-corrected chi connectivity index (χ1v) is 9.55. The zero-order chi connectivity index (χ0) is 18.7. The van der Waals surface area contributed by atoms with Crippen molar-refractivity contribution in [1.82, 2.24) is 4.90 Å². The van der Waals surface area contributed by atoms with Gasteiger partial charge in [0.1, 0.15) is 0 Å². The Morgan fingerprint density at radius 3 is 2.27 bits per heavy atom. The summed E-state index contributed by atoms with van der Waals surface area (Å²) in [5.41, 5.74) is 2.93. The van der Waals surface area contributed by atoms with Crippen molar-refractivity contribution in [2.24, 2.45) is 0 Å². The monoisotopic (exact) mass is 411 g/mol. The summed E-state index contributed by atoms with van der Waals surface area (Å²) in [5, 5.41) is 3.89. The number of nitrogens with one attached hydrogen (secondary N) is 1. The summed E-state index contributed by atoms with van der Waals surface area (Å²) in [6.07, 6.45) is 0. The molecular weight excluding hydrogens is 393 g/mol. The van der Waals surface area contributed by atoms with Gasteiger partial charge in [-0.1, -0.05) is 53.0 Å². The first kappa shape index (κ1) is 19.3. The average Bonchev–Trinajstić information content (AvgIpc) is 2.59. The second-order valence-electron chi connectivity index (χ2n) is 6.34. The van der Waals surface area contributed by atoms with Crippen LogP contribution >= 0.6 is 34.8 Å². The Morgan fingerprint density at radius 1 is 1.04 bits per heavy atom. The summed E-state index contributed by atoms with van der Waals surface area (Å²) < 4.78 is 0. The van der Waals surface area contributed by atoms with Crippen LogP contribution in [0.4, 0.5) is 11.4 Å². The van der Waals surface area contributed by atoms with Crippen molar-refractivity contribution >= 4 is 52.1 Å². The fourth-order valence-electron chi connectivity index (χ4n) is 3.11. The molecule has 0 aromatic heterocycles. The van der Waals surface area contributed by atoms with E-state index < -0.39 is 0 Å². The fraction of sp³-hybridized carbons (Fsp3) is 0.316. The van der Waals surface area contributed by atoms with E-state index in [2.05, 4.69) is 40.2 Å². The summed E-state index contributed by atoms with van der Waals surface area (Å²) in [6, 6.07) is 11.5. The Hall–Kier alpha value is -1.46. The van der Waals surface area contributed by atoms with Gasteiger partial charge < -0.3 is 10.2 Å². The molecule has 1 aliphatic heterocycles. The molecule has 0 bridgehead atoms. The van der Waals surface area contributed by atoms with Crippen LogP contribution in [0.25, 0.3) is 0 Å². The van der Waals surface area contributed by atoms with Crippen LogP contribution in [0.15, 0.2) is 36.4 Å². The number of anilines is 2. The number of piperazine rings is 1. The maximum absolute atomic E-state index is 12.4. The van der Waals surface area contributed by atoms with Crippen LogP contribution in [0.5, 0.6) is 0 Å². The smallest absolute Gasteiger partial charge is 0.238 e. The average molecular weight is 413 g/mol. The highest BCUT2D eigenvalue weighted by Gasteiger charge is 2.21. The Labute approximate surface area is 168 Å². The highest BCUT2D eigenvalue weighted by atomic mass is 35.5. The summed E-state index contributed by atoms with van der Waals surface area (Å²) in [6.45, 7) is 5.85. The molecule has 3 rings (SSSR count). The van der Waals surface area contributed by atoms with Gasteiger partial charge in [-0.05, 0) is 30.7 Å². The second kappa shape index (κ2) is 8.49. The maximum atomic E-state index is 12.4. The van der Waals surface area contributed by atoms with Crippen molar-refractivity contribution in [3.05, 3.63) is 57.0 Å². The van der Waals surface area contributed by atoms with E-state index in [0.717, 1.165) is 26.2 Å². The molecule has 138 valence electrons. The van der Waals surface area contributed by atoms with Gasteiger partial charge in [0, 0.05) is 36.9 Å². The molecule has 7 heteroatoms. The van der Waals surface area contributed by atoms with Gasteiger partial charge in [-0.25, -0.2) is 0 Å². The molecule has 1 aliphatic rings. The minimum atomic E-state index is -0.138. The van der Waals surface area contributed by atoms with E-state index in [9.17, 15) is 4.79 Å². The summed E-state index contributed by atoms with van der Waals surface area (Å²) in [5.74, 6) is -0.138. The number of carbonyl (C=O) groups excluding carboxylic acids is 1. The zero-order valence-corrected chi connectivity index (χ0v) is 16.7. The molecule has 2 aromatic rings. The topological polar surface area (TPSA) is 35.6 Å². The second-order valence-corrected chi connectivity index (χ2v) is 7.59. The molecule has 1 heterocycles. The predicted octanol–water partition coefficient (Wildman–Crippen LogP) is 4.72. The van der Waals surface area contributed by atoms with Crippen LogP contribution in [0, 0.1) is 6.92 Å². The van der Waals surface area contributed by atoms with Crippen molar-refractivity contribution in [3.8, 4) is 0 Å². The van der Waals surface area contributed by atoms with Gasteiger partial charge in [0.2, 0.25) is 5.91 Å². The predicted molar refractivity (Wildman–Crippen MR) is 110 cm³/mol. The molecule has 0 radical (unpaired) electrons. The molecule has 1 saturated heterocycles. The molecule has 0 aliphatic carbocycles. The van der Waals surface area contributed by atoms with E-state index in [1.54, 1.807) is 12.1 Å². The van der Waals surface area contributed by atoms with Crippen molar-refractivity contribution < 1.29 is 4.79 Å². The van der Waals surface area contributed by atoms with E-state index in [1.807, 2.05) is 6.07 Å². The zero-order valence-electron chi connectivity index (χ0n) is 14.4. The van der Waals surface area contributed by atoms with Gasteiger partial charge in [-0.3, -0.25) is 9.69 Å². The molecule has 0 unspecified atom stereocenters. The van der Waals surface area contributed by atoms with E-state index in [0.29, 0.717) is 27.3 Å². The Morgan fingerprint density at radius 2 is 1.65 bits per heavy atom. The fourth-order valence-corrected chi connectivity index (χ4v) is 4.02. The third-order valence-corrected chi connectivity index (χ3v) is 5.28. The highest BCUT2D eigenvalue weighted by molar-refractivity contribution is 6.42. The van der Waals surface area contributed by atoms with Crippen LogP contribution in [-0.4, -0.2) is 43.5 Å². The van der Waals surface area contributed by atoms with Crippen LogP contribution in [0.2, 0.25) is 15.1 Å². The molecule has 4 nitrogen and oxygen atoms in total. The molecule has 0 spiro atoms. The van der Waals surface area contributed by atoms with E-state index in [4.69, 9.17) is 34.8 Å². The number of hydrogen-bond acceptors (Lipinski definition) is 3. The third kappa shape index (κ3) is 4.63. The summed E-state index contributed by atoms with van der Waals surface area (Å²) in [4.78, 5) is 16.8. The van der Waals surface area contributed by atoms with Crippen molar-refractivity contribution in [3.63, 3.8) is 0 Å². The van der Waals surface area contributed by atoms with Gasteiger partial charge >= 0.3 is 0 Å². The van der Waals surface area contributed by atoms with E-state index in [1.165, 1.54) is 11.3 Å². The standard InChI is InChI=1S/C19H20Cl3N3O/c1-13-4-2-3-5-17(13)25-8-6-24(7-9-25)12-18(26)23-19-15(21)10-14(20)11-16(19)22/h2-5,10-11H,6-9,12H2,1H3,(H,23,26). The number of hydrogen-bond donors (Lipinski definition) is 1. The lowest BCUT2D eigenvalue weighted by atomic mass is 10.1. The molecule has 0 atom stereocenters. The number of carbonyl (C=O) groups is 1. The quantitative estimate of drug-likeness (QED) is 0.789. The molecule has 1 amide bonds. The van der Waals surface area contributed by atoms with E-state index >= 15 is 0 Å². The number of benzene rings is 2. The Kier molecular flexibility index (Phi) is 6.30. The SMILES string of the molecule is Cc1ccccc1N1CCN(CC(=O)Nc2c(Cl)cc(Cl)cc2Cl)CC1. The Balaban J connectivity index is 1.55. The molecule has 0 saturated carbocycles. The number of halogens is 3. The number of aryl methyl sites for hydroxylation is 1. The summed E-state index contributed by atoms with van der Waals surface area (Å²) >= 11 is 18.1. The van der Waals surface area contributed by atoms with Gasteiger partial charge in [-0.15, -0.1) is 0 Å². The Bertz CT molecular complexity index is 781. The van der Waals surface area contributed by atoms with Crippen molar-refractivity contribution in [2.75, 3.05) is 42.9 Å². The first-order valence-electron chi connectivity index (χ1n) is 8.41. The molecular formula is C19H20Cl3N3O. The first-order chi connectivity index (χ1) is 12.4. The lowest BCUT2D eigenvalue weighted by Gasteiger charge is -2.36. The number of rotatable bonds is 4. The van der Waals surface area contributed by atoms with Crippen molar-refractivity contribution in [2.45, 2.75) is 6.92 Å². The summed E-state index contributed by atoms with van der Waals surface area (Å²) in [7, 11) is 0. The van der Waals surface area contributed by atoms with Crippen LogP contribution in [0.3, 0.4) is 0 Å². The number of para-hydroxylation sites is 1. The number of amides is 1. The minimum absolute atomic E-state index is 0.138. The third-order valence-electron chi connectivity index (χ3n) is 4.47. The van der Waals surface area contributed by atoms with Crippen molar-refractivity contribution in [1.29, 1.82) is 0 Å². The molecule has 26 heavy (non-hydrogen) atoms. The minimum Gasteiger partial charge on any atom is -0.369 e. The molecule has 1 N–H and O–H groups in total. The maximum Gasteiger partial charge on any atom is 0.238 e. The van der Waals surface area contributed by atoms with Gasteiger partial charge in [0.05, 0.1) is 22.3 Å². The lowest BCUT2D eigenvalue weighted by Crippen LogP contribution is -2.48. The van der Waals surface area contributed by atoms with Crippen LogP contribution < -0.4 is 10.2 Å². The van der Waals surface area contributed by atoms with Crippen LogP contribution in [0.1, 0.15) is 5.56 Å².